The Bertz CT molecular complexity index is 2630. The van der Waals surface area contributed by atoms with Crippen molar-refractivity contribution in [1.29, 1.82) is 0 Å². The summed E-state index contributed by atoms with van der Waals surface area (Å²) >= 11 is 20.9. The number of ether oxygens (including phenoxy) is 1. The Kier molecular flexibility index (Phi) is 8.52. The predicted molar refractivity (Wildman–Crippen MR) is 217 cm³/mol. The summed E-state index contributed by atoms with van der Waals surface area (Å²) in [4.78, 5) is 62.1. The Morgan fingerprint density at radius 1 is 0.911 bits per heavy atom. The van der Waals surface area contributed by atoms with Gasteiger partial charge in [0.2, 0.25) is 23.6 Å². The van der Waals surface area contributed by atoms with Crippen LogP contribution in [0.25, 0.3) is 20.7 Å². The smallest absolute Gasteiger partial charge is 0.242 e. The van der Waals surface area contributed by atoms with Crippen molar-refractivity contribution in [3.05, 3.63) is 98.0 Å². The highest BCUT2D eigenvalue weighted by Crippen LogP contribution is 2.64. The standard InChI is InChI=1S/C42H35Cl3N4O6S/c1-18-6-8-22(15-28(18)44)48-38(51)24-10-9-23-26(34(24)40(48)53)16-27-39(52)49(41(54)42(27,3)35(23)20-12-29(45)36(50)31(13-20)55-5)33-17-30(46-47(33)4)37-19(2)25-14-21(43)7-11-32(25)56-37/h6-9,11-15,17,24,26-27,34-35,50H,10,16H2,1-5H3/t24-,26+,27-,34-,35-,42+/m0/s1. The van der Waals surface area contributed by atoms with E-state index in [1.165, 1.54) is 16.9 Å². The van der Waals surface area contributed by atoms with Crippen LogP contribution >= 0.6 is 46.1 Å². The summed E-state index contributed by atoms with van der Waals surface area (Å²) in [7, 11) is 3.11. The number of phenols is 1. The average molecular weight is 830 g/mol. The number of imide groups is 2. The van der Waals surface area contributed by atoms with Gasteiger partial charge in [0.15, 0.2) is 11.5 Å². The number of halogens is 3. The molecule has 14 heteroatoms. The topological polar surface area (TPSA) is 122 Å². The van der Waals surface area contributed by atoms with E-state index in [0.29, 0.717) is 32.8 Å². The van der Waals surface area contributed by atoms with Crippen molar-refractivity contribution in [2.24, 2.45) is 36.1 Å². The fourth-order valence-electron chi connectivity index (χ4n) is 9.72. The Balaban J connectivity index is 1.17. The molecule has 56 heavy (non-hydrogen) atoms. The molecule has 10 nitrogen and oxygen atoms in total. The zero-order valence-corrected chi connectivity index (χ0v) is 34.0. The molecule has 2 aliphatic heterocycles. The number of aryl methyl sites for hydroxylation is 3. The quantitative estimate of drug-likeness (QED) is 0.139. The number of anilines is 2. The third kappa shape index (κ3) is 5.10. The molecule has 0 bridgehead atoms. The molecule has 0 radical (unpaired) electrons. The van der Waals surface area contributed by atoms with Gasteiger partial charge in [-0.2, -0.15) is 5.10 Å². The first-order valence-electron chi connectivity index (χ1n) is 18.2. The minimum absolute atomic E-state index is 0.00959. The maximum Gasteiger partial charge on any atom is 0.242 e. The molecule has 3 fully saturated rings. The highest BCUT2D eigenvalue weighted by atomic mass is 35.5. The number of rotatable bonds is 5. The molecule has 286 valence electrons. The summed E-state index contributed by atoms with van der Waals surface area (Å²) in [5, 5.41) is 17.6. The second-order valence-electron chi connectivity index (χ2n) is 15.4. The van der Waals surface area contributed by atoms with E-state index in [-0.39, 0.29) is 41.2 Å². The van der Waals surface area contributed by atoms with E-state index in [9.17, 15) is 19.5 Å². The third-order valence-electron chi connectivity index (χ3n) is 12.5. The summed E-state index contributed by atoms with van der Waals surface area (Å²) in [5.74, 6) is -5.07. The molecule has 4 amide bonds. The number of thiophene rings is 1. The minimum atomic E-state index is -1.36. The number of allylic oxidation sites excluding steroid dienone is 2. The molecule has 4 heterocycles. The van der Waals surface area contributed by atoms with Crippen LogP contribution in [0.5, 0.6) is 11.5 Å². The first-order chi connectivity index (χ1) is 26.6. The van der Waals surface area contributed by atoms with Crippen molar-refractivity contribution in [3.63, 3.8) is 0 Å². The molecule has 2 aromatic heterocycles. The Morgan fingerprint density at radius 3 is 2.41 bits per heavy atom. The van der Waals surface area contributed by atoms with Crippen LogP contribution in [0.1, 0.15) is 42.4 Å². The summed E-state index contributed by atoms with van der Waals surface area (Å²) in [6, 6.07) is 15.8. The van der Waals surface area contributed by atoms with Crippen LogP contribution < -0.4 is 14.5 Å². The number of carbonyl (C=O) groups excluding carboxylic acids is 4. The molecule has 0 unspecified atom stereocenters. The lowest BCUT2D eigenvalue weighted by Crippen LogP contribution is -2.49. The predicted octanol–water partition coefficient (Wildman–Crippen LogP) is 9.03. The minimum Gasteiger partial charge on any atom is -0.503 e. The van der Waals surface area contributed by atoms with Gasteiger partial charge in [-0.1, -0.05) is 52.5 Å². The average Bonchev–Trinajstić information content (AvgIpc) is 3.84. The van der Waals surface area contributed by atoms with E-state index in [2.05, 4.69) is 0 Å². The van der Waals surface area contributed by atoms with Crippen LogP contribution in [-0.4, -0.2) is 45.6 Å². The summed E-state index contributed by atoms with van der Waals surface area (Å²) < 4.78 is 8.08. The molecule has 4 aliphatic rings. The van der Waals surface area contributed by atoms with Crippen molar-refractivity contribution < 1.29 is 29.0 Å². The number of aromatic nitrogens is 2. The number of phenolic OH excluding ortho intramolecular Hbond substituents is 1. The van der Waals surface area contributed by atoms with Gasteiger partial charge in [-0.05, 0) is 104 Å². The maximum absolute atomic E-state index is 15.2. The van der Waals surface area contributed by atoms with Crippen molar-refractivity contribution in [2.75, 3.05) is 16.9 Å². The molecule has 5 aromatic rings. The van der Waals surface area contributed by atoms with Crippen molar-refractivity contribution in [3.8, 4) is 22.1 Å². The van der Waals surface area contributed by atoms with Crippen LogP contribution in [0.4, 0.5) is 11.5 Å². The number of hydrogen-bond acceptors (Lipinski definition) is 8. The lowest BCUT2D eigenvalue weighted by atomic mass is 9.51. The Morgan fingerprint density at radius 2 is 1.68 bits per heavy atom. The molecule has 1 N–H and O–H groups in total. The van der Waals surface area contributed by atoms with Gasteiger partial charge >= 0.3 is 0 Å². The zero-order valence-electron chi connectivity index (χ0n) is 30.9. The summed E-state index contributed by atoms with van der Waals surface area (Å²) in [5.41, 5.74) is 2.74. The SMILES string of the molecule is COc1cc([C@H]2C3=CC[C@@H]4C(=O)N(c5ccc(C)c(Cl)c5)C(=O)[C@@H]4[C@@H]3C[C@H]3C(=O)N(c4cc(-c5sc6ccc(Cl)cc6c5C)nn4C)C(=O)[C@@]23C)cc(Cl)c1O. The van der Waals surface area contributed by atoms with E-state index < -0.39 is 46.8 Å². The number of fused-ring (bicyclic) bond motifs is 5. The maximum atomic E-state index is 15.2. The van der Waals surface area contributed by atoms with E-state index in [1.54, 1.807) is 66.4 Å². The van der Waals surface area contributed by atoms with E-state index >= 15 is 4.79 Å². The number of hydrogen-bond donors (Lipinski definition) is 1. The van der Waals surface area contributed by atoms with E-state index in [1.807, 2.05) is 38.1 Å². The van der Waals surface area contributed by atoms with E-state index in [4.69, 9.17) is 44.6 Å². The fraction of sp³-hybridized carbons (Fsp3) is 0.310. The van der Waals surface area contributed by atoms with Crippen molar-refractivity contribution in [2.45, 2.75) is 39.5 Å². The summed E-state index contributed by atoms with van der Waals surface area (Å²) in [6.07, 6.45) is 2.38. The fourth-order valence-corrected chi connectivity index (χ4v) is 11.4. The van der Waals surface area contributed by atoms with Crippen LogP contribution in [0, 0.1) is 42.9 Å². The molecule has 2 saturated heterocycles. The monoisotopic (exact) mass is 828 g/mol. The number of methoxy groups -OCH3 is 1. The van der Waals surface area contributed by atoms with Crippen LogP contribution in [0.3, 0.4) is 0 Å². The molecule has 0 spiro atoms. The largest absolute Gasteiger partial charge is 0.503 e. The highest BCUT2D eigenvalue weighted by molar-refractivity contribution is 7.22. The molecule has 2 aliphatic carbocycles. The van der Waals surface area contributed by atoms with E-state index in [0.717, 1.165) is 31.7 Å². The Hall–Kier alpha value is -4.68. The van der Waals surface area contributed by atoms with Gasteiger partial charge in [-0.25, -0.2) is 9.80 Å². The molecule has 6 atom stereocenters. The normalized spacial score (nSPS) is 25.9. The first-order valence-corrected chi connectivity index (χ1v) is 20.1. The van der Waals surface area contributed by atoms with Gasteiger partial charge in [0, 0.05) is 33.8 Å². The number of aromatic hydroxyl groups is 1. The van der Waals surface area contributed by atoms with Gasteiger partial charge < -0.3 is 9.84 Å². The van der Waals surface area contributed by atoms with Gasteiger partial charge in [0.25, 0.3) is 0 Å². The number of amides is 4. The van der Waals surface area contributed by atoms with Gasteiger partial charge in [0.1, 0.15) is 11.5 Å². The zero-order chi connectivity index (χ0) is 39.7. The number of benzene rings is 3. The lowest BCUT2D eigenvalue weighted by molar-refractivity contribution is -0.131. The second kappa shape index (κ2) is 12.9. The Labute approximate surface area is 341 Å². The molecular formula is C42H35Cl3N4O6S. The second-order valence-corrected chi connectivity index (χ2v) is 17.7. The number of carbonyl (C=O) groups is 4. The third-order valence-corrected chi connectivity index (χ3v) is 14.7. The summed E-state index contributed by atoms with van der Waals surface area (Å²) in [6.45, 7) is 5.63. The van der Waals surface area contributed by atoms with Gasteiger partial charge in [0.05, 0.1) is 45.9 Å². The van der Waals surface area contributed by atoms with Crippen molar-refractivity contribution >= 4 is 91.4 Å². The lowest BCUT2D eigenvalue weighted by Gasteiger charge is -2.49. The van der Waals surface area contributed by atoms with Gasteiger partial charge in [-0.3, -0.25) is 23.9 Å². The highest BCUT2D eigenvalue weighted by Gasteiger charge is 2.68. The van der Waals surface area contributed by atoms with Crippen LogP contribution in [-0.2, 0) is 26.2 Å². The first kappa shape index (κ1) is 36.9. The van der Waals surface area contributed by atoms with Crippen molar-refractivity contribution in [1.82, 2.24) is 9.78 Å². The molecule has 3 aromatic carbocycles. The number of nitrogens with zero attached hydrogens (tertiary/aromatic N) is 4. The molecule has 1 saturated carbocycles. The molecule has 9 rings (SSSR count). The van der Waals surface area contributed by atoms with Gasteiger partial charge in [-0.15, -0.1) is 11.3 Å². The molecular weight excluding hydrogens is 795 g/mol. The van der Waals surface area contributed by atoms with Crippen LogP contribution in [0.15, 0.2) is 66.2 Å². The van der Waals surface area contributed by atoms with Crippen LogP contribution in [0.2, 0.25) is 15.1 Å².